The molecule has 0 saturated heterocycles. The molecule has 0 N–H and O–H groups in total. The Labute approximate surface area is 140 Å². The first-order valence-corrected chi connectivity index (χ1v) is 8.18. The molecule has 0 radical (unpaired) electrons. The maximum Gasteiger partial charge on any atom is 0.118 e. The molecule has 0 aliphatic rings. The fourth-order valence-electron chi connectivity index (χ4n) is 2.50. The van der Waals surface area contributed by atoms with Crippen molar-refractivity contribution in [2.45, 2.75) is 13.3 Å². The van der Waals surface area contributed by atoms with E-state index in [2.05, 4.69) is 67.2 Å². The van der Waals surface area contributed by atoms with Crippen LogP contribution in [0.15, 0.2) is 48.5 Å². The molecule has 0 unspecified atom stereocenters. The van der Waals surface area contributed by atoms with Crippen molar-refractivity contribution in [3.05, 3.63) is 59.7 Å². The molecule has 0 atom stereocenters. The van der Waals surface area contributed by atoms with Crippen LogP contribution in [0.3, 0.4) is 0 Å². The Morgan fingerprint density at radius 3 is 2.04 bits per heavy atom. The van der Waals surface area contributed by atoms with Crippen molar-refractivity contribution in [1.29, 1.82) is 0 Å². The first-order valence-electron chi connectivity index (χ1n) is 8.18. The van der Waals surface area contributed by atoms with E-state index in [1.165, 1.54) is 16.8 Å². The first kappa shape index (κ1) is 17.4. The Morgan fingerprint density at radius 2 is 1.48 bits per heavy atom. The molecule has 2 rings (SSSR count). The molecule has 3 nitrogen and oxygen atoms in total. The van der Waals surface area contributed by atoms with Gasteiger partial charge < -0.3 is 14.5 Å². The van der Waals surface area contributed by atoms with Crippen molar-refractivity contribution in [2.24, 2.45) is 0 Å². The summed E-state index contributed by atoms with van der Waals surface area (Å²) in [6.45, 7) is 5.23. The average molecular weight is 312 g/mol. The van der Waals surface area contributed by atoms with Gasteiger partial charge in [0.2, 0.25) is 0 Å². The van der Waals surface area contributed by atoms with E-state index in [0.717, 1.165) is 31.8 Å². The molecule has 0 aliphatic heterocycles. The topological polar surface area (TPSA) is 15.7 Å². The highest BCUT2D eigenvalue weighted by Gasteiger charge is 2.07. The van der Waals surface area contributed by atoms with Crippen LogP contribution in [0.25, 0.3) is 0 Å². The van der Waals surface area contributed by atoms with Crippen molar-refractivity contribution in [1.82, 2.24) is 4.90 Å². The zero-order valence-electron chi connectivity index (χ0n) is 14.7. The number of ether oxygens (including phenoxy) is 1. The van der Waals surface area contributed by atoms with Gasteiger partial charge in [0, 0.05) is 25.3 Å². The van der Waals surface area contributed by atoms with Crippen LogP contribution in [0, 0.1) is 6.92 Å². The van der Waals surface area contributed by atoms with E-state index in [1.54, 1.807) is 7.11 Å². The summed E-state index contributed by atoms with van der Waals surface area (Å²) in [4.78, 5) is 4.69. The molecule has 0 aliphatic carbocycles. The number of hydrogen-bond acceptors (Lipinski definition) is 3. The van der Waals surface area contributed by atoms with E-state index in [9.17, 15) is 0 Å². The molecule has 0 amide bonds. The van der Waals surface area contributed by atoms with Gasteiger partial charge in [0.25, 0.3) is 0 Å². The monoisotopic (exact) mass is 312 g/mol. The van der Waals surface area contributed by atoms with Gasteiger partial charge in [-0.25, -0.2) is 0 Å². The maximum absolute atomic E-state index is 5.22. The van der Waals surface area contributed by atoms with Crippen LogP contribution < -0.4 is 9.64 Å². The molecule has 0 spiro atoms. The Bertz CT molecular complexity index is 576. The Morgan fingerprint density at radius 1 is 0.826 bits per heavy atom. The molecule has 0 bridgehead atoms. The van der Waals surface area contributed by atoms with Gasteiger partial charge in [-0.15, -0.1) is 0 Å². The van der Waals surface area contributed by atoms with Crippen LogP contribution in [-0.2, 0) is 6.42 Å². The number of likely N-dealkylation sites (N-methyl/N-ethyl adjacent to an activating group) is 1. The molecule has 0 fully saturated rings. The molecule has 3 heteroatoms. The van der Waals surface area contributed by atoms with Crippen molar-refractivity contribution in [3.8, 4) is 5.75 Å². The minimum Gasteiger partial charge on any atom is -0.497 e. The largest absolute Gasteiger partial charge is 0.497 e. The van der Waals surface area contributed by atoms with Crippen LogP contribution in [0.4, 0.5) is 5.69 Å². The summed E-state index contributed by atoms with van der Waals surface area (Å²) in [5, 5.41) is 0. The molecule has 124 valence electrons. The van der Waals surface area contributed by atoms with Crippen molar-refractivity contribution >= 4 is 5.69 Å². The van der Waals surface area contributed by atoms with E-state index in [0.29, 0.717) is 0 Å². The highest BCUT2D eigenvalue weighted by atomic mass is 16.5. The fraction of sp³-hybridized carbons (Fsp3) is 0.400. The molecule has 23 heavy (non-hydrogen) atoms. The second-order valence-electron chi connectivity index (χ2n) is 6.22. The van der Waals surface area contributed by atoms with Gasteiger partial charge in [-0.1, -0.05) is 29.8 Å². The molecule has 2 aromatic rings. The number of rotatable bonds is 8. The van der Waals surface area contributed by atoms with E-state index < -0.39 is 0 Å². The van der Waals surface area contributed by atoms with E-state index in [4.69, 9.17) is 4.74 Å². The molecule has 0 saturated carbocycles. The third-order valence-corrected chi connectivity index (χ3v) is 4.05. The second-order valence-corrected chi connectivity index (χ2v) is 6.22. The van der Waals surface area contributed by atoms with Crippen molar-refractivity contribution < 1.29 is 4.74 Å². The summed E-state index contributed by atoms with van der Waals surface area (Å²) >= 11 is 0. The number of benzene rings is 2. The van der Waals surface area contributed by atoms with E-state index >= 15 is 0 Å². The molecule has 2 aromatic carbocycles. The minimum absolute atomic E-state index is 0.914. The maximum atomic E-state index is 5.22. The smallest absolute Gasteiger partial charge is 0.118 e. The number of aryl methyl sites for hydroxylation is 1. The summed E-state index contributed by atoms with van der Waals surface area (Å²) in [6, 6.07) is 17.2. The zero-order valence-corrected chi connectivity index (χ0v) is 14.7. The quantitative estimate of drug-likeness (QED) is 0.740. The lowest BCUT2D eigenvalue weighted by Gasteiger charge is -2.26. The highest BCUT2D eigenvalue weighted by molar-refractivity contribution is 5.47. The Balaban J connectivity index is 2.02. The lowest BCUT2D eigenvalue weighted by molar-refractivity contribution is 0.413. The lowest BCUT2D eigenvalue weighted by atomic mass is 10.1. The summed E-state index contributed by atoms with van der Waals surface area (Å²) in [5.41, 5.74) is 3.94. The lowest BCUT2D eigenvalue weighted by Crippen LogP contribution is -2.33. The zero-order chi connectivity index (χ0) is 16.7. The molecule has 0 heterocycles. The van der Waals surface area contributed by atoms with Gasteiger partial charge in [0.05, 0.1) is 7.11 Å². The Kier molecular flexibility index (Phi) is 6.48. The second kappa shape index (κ2) is 8.59. The van der Waals surface area contributed by atoms with E-state index in [1.807, 2.05) is 12.1 Å². The number of hydrogen-bond donors (Lipinski definition) is 0. The van der Waals surface area contributed by atoms with Gasteiger partial charge in [-0.2, -0.15) is 0 Å². The van der Waals surface area contributed by atoms with Crippen molar-refractivity contribution in [3.63, 3.8) is 0 Å². The molecular weight excluding hydrogens is 284 g/mol. The fourth-order valence-corrected chi connectivity index (χ4v) is 2.50. The van der Waals surface area contributed by atoms with Crippen LogP contribution in [0.2, 0.25) is 0 Å². The average Bonchev–Trinajstić information content (AvgIpc) is 2.56. The van der Waals surface area contributed by atoms with Gasteiger partial charge in [-0.3, -0.25) is 0 Å². The summed E-state index contributed by atoms with van der Waals surface area (Å²) in [5.74, 6) is 0.914. The third-order valence-electron chi connectivity index (χ3n) is 4.05. The first-order chi connectivity index (χ1) is 11.1. The van der Waals surface area contributed by atoms with Gasteiger partial charge >= 0.3 is 0 Å². The minimum atomic E-state index is 0.914. The molecule has 0 aromatic heterocycles. The van der Waals surface area contributed by atoms with Crippen molar-refractivity contribution in [2.75, 3.05) is 45.7 Å². The summed E-state index contributed by atoms with van der Waals surface area (Å²) < 4.78 is 5.22. The van der Waals surface area contributed by atoms with Crippen LogP contribution in [0.5, 0.6) is 5.75 Å². The number of methoxy groups -OCH3 is 1. The van der Waals surface area contributed by atoms with Gasteiger partial charge in [0.15, 0.2) is 0 Å². The normalized spacial score (nSPS) is 10.8. The predicted octanol–water partition coefficient (Wildman–Crippen LogP) is 3.61. The van der Waals surface area contributed by atoms with Gasteiger partial charge in [0.1, 0.15) is 5.75 Å². The van der Waals surface area contributed by atoms with Crippen LogP contribution in [-0.4, -0.2) is 45.7 Å². The predicted molar refractivity (Wildman–Crippen MR) is 98.6 cm³/mol. The Hall–Kier alpha value is -2.00. The number of nitrogens with zero attached hydrogens (tertiary/aromatic N) is 2. The summed E-state index contributed by atoms with van der Waals surface area (Å²) in [7, 11) is 5.95. The number of anilines is 1. The van der Waals surface area contributed by atoms with E-state index in [-0.39, 0.29) is 0 Å². The highest BCUT2D eigenvalue weighted by Crippen LogP contribution is 2.17. The summed E-state index contributed by atoms with van der Waals surface area (Å²) in [6.07, 6.45) is 1.03. The van der Waals surface area contributed by atoms with Crippen LogP contribution in [0.1, 0.15) is 11.1 Å². The van der Waals surface area contributed by atoms with Gasteiger partial charge in [-0.05, 0) is 57.3 Å². The van der Waals surface area contributed by atoms with Crippen LogP contribution >= 0.6 is 0 Å². The standard InChI is InChI=1S/C20H28N2O/c1-17-5-9-19(10-6-17)22(16-15-21(2)3)14-13-18-7-11-20(23-4)12-8-18/h5-12H,13-16H2,1-4H3. The third kappa shape index (κ3) is 5.61. The SMILES string of the molecule is COc1ccc(CCN(CCN(C)C)c2ccc(C)cc2)cc1. The molecular formula is C20H28N2O.